The lowest BCUT2D eigenvalue weighted by molar-refractivity contribution is -0.111. The molecule has 5 heteroatoms. The van der Waals surface area contributed by atoms with Crippen molar-refractivity contribution in [1.82, 2.24) is 0 Å². The van der Waals surface area contributed by atoms with Crippen molar-refractivity contribution in [1.29, 1.82) is 0 Å². The maximum atomic E-state index is 12.9. The highest BCUT2D eigenvalue weighted by atomic mass is 35.5. The zero-order valence-corrected chi connectivity index (χ0v) is 15.4. The second-order valence-corrected chi connectivity index (χ2v) is 6.68. The molecule has 3 aromatic rings. The quantitative estimate of drug-likeness (QED) is 0.515. The molecule has 136 valence electrons. The van der Waals surface area contributed by atoms with Crippen molar-refractivity contribution in [2.75, 3.05) is 5.32 Å². The molecule has 0 unspecified atom stereocenters. The van der Waals surface area contributed by atoms with Gasteiger partial charge in [0.1, 0.15) is 0 Å². The van der Waals surface area contributed by atoms with E-state index in [-0.39, 0.29) is 22.7 Å². The molecule has 4 nitrogen and oxygen atoms in total. The van der Waals surface area contributed by atoms with Crippen molar-refractivity contribution >= 4 is 40.8 Å². The van der Waals surface area contributed by atoms with Crippen LogP contribution in [0, 0.1) is 0 Å². The Morgan fingerprint density at radius 1 is 0.786 bits per heavy atom. The number of hydrogen-bond acceptors (Lipinski definition) is 3. The summed E-state index contributed by atoms with van der Waals surface area (Å²) in [5.74, 6) is -0.934. The van der Waals surface area contributed by atoms with Crippen LogP contribution in [-0.2, 0) is 4.79 Å². The molecule has 3 aromatic carbocycles. The number of benzene rings is 3. The Balaban J connectivity index is 1.66. The van der Waals surface area contributed by atoms with Crippen molar-refractivity contribution < 1.29 is 14.4 Å². The fraction of sp³-hybridized carbons (Fsp3) is 0. The normalized spacial score (nSPS) is 12.6. The minimum atomic E-state index is -0.424. The summed E-state index contributed by atoms with van der Waals surface area (Å²) in [6, 6.07) is 18.7. The van der Waals surface area contributed by atoms with Gasteiger partial charge in [-0.3, -0.25) is 14.4 Å². The summed E-state index contributed by atoms with van der Waals surface area (Å²) in [6.07, 6.45) is 2.93. The molecule has 0 radical (unpaired) electrons. The largest absolute Gasteiger partial charge is 0.322 e. The van der Waals surface area contributed by atoms with E-state index in [4.69, 9.17) is 11.6 Å². The Kier molecular flexibility index (Phi) is 4.63. The highest BCUT2D eigenvalue weighted by Gasteiger charge is 2.31. The summed E-state index contributed by atoms with van der Waals surface area (Å²) in [4.78, 5) is 38.1. The van der Waals surface area contributed by atoms with Crippen LogP contribution < -0.4 is 5.32 Å². The average molecular weight is 388 g/mol. The highest BCUT2D eigenvalue weighted by Crippen LogP contribution is 2.32. The van der Waals surface area contributed by atoms with Gasteiger partial charge >= 0.3 is 0 Å². The Bertz CT molecular complexity index is 1160. The molecular formula is C23H14ClNO3. The second kappa shape index (κ2) is 7.25. The first kappa shape index (κ1) is 17.9. The first-order valence-corrected chi connectivity index (χ1v) is 8.99. The second-order valence-electron chi connectivity index (χ2n) is 6.28. The number of hydrogen-bond donors (Lipinski definition) is 1. The van der Waals surface area contributed by atoms with Gasteiger partial charge in [0.15, 0.2) is 11.6 Å². The summed E-state index contributed by atoms with van der Waals surface area (Å²) >= 11 is 6.08. The molecule has 1 aliphatic rings. The van der Waals surface area contributed by atoms with E-state index in [1.807, 2.05) is 6.07 Å². The van der Waals surface area contributed by atoms with Crippen molar-refractivity contribution in [2.45, 2.75) is 0 Å². The van der Waals surface area contributed by atoms with Gasteiger partial charge in [-0.2, -0.15) is 0 Å². The molecule has 4 rings (SSSR count). The highest BCUT2D eigenvalue weighted by molar-refractivity contribution is 6.32. The number of carbonyl (C=O) groups is 3. The fourth-order valence-electron chi connectivity index (χ4n) is 3.20. The van der Waals surface area contributed by atoms with Crippen molar-refractivity contribution in [2.24, 2.45) is 0 Å². The molecule has 0 aliphatic heterocycles. The van der Waals surface area contributed by atoms with Crippen LogP contribution in [0.4, 0.5) is 5.69 Å². The van der Waals surface area contributed by atoms with E-state index < -0.39 is 5.91 Å². The van der Waals surface area contributed by atoms with Crippen molar-refractivity contribution in [3.05, 3.63) is 106 Å². The number of carbonyl (C=O) groups excluding carboxylic acids is 3. The predicted molar refractivity (Wildman–Crippen MR) is 109 cm³/mol. The van der Waals surface area contributed by atoms with Gasteiger partial charge in [0.25, 0.3) is 0 Å². The molecule has 28 heavy (non-hydrogen) atoms. The van der Waals surface area contributed by atoms with Crippen LogP contribution in [0.2, 0.25) is 5.02 Å². The van der Waals surface area contributed by atoms with Gasteiger partial charge in [-0.15, -0.1) is 0 Å². The third-order valence-corrected chi connectivity index (χ3v) is 4.87. The number of anilines is 1. The van der Waals surface area contributed by atoms with Gasteiger partial charge in [0.2, 0.25) is 5.91 Å². The van der Waals surface area contributed by atoms with Crippen LogP contribution in [0.25, 0.3) is 6.08 Å². The molecule has 0 saturated heterocycles. The molecule has 1 N–H and O–H groups in total. The molecule has 0 bridgehead atoms. The molecule has 0 saturated carbocycles. The van der Waals surface area contributed by atoms with Crippen LogP contribution >= 0.6 is 11.6 Å². The Morgan fingerprint density at radius 3 is 2.18 bits per heavy atom. The summed E-state index contributed by atoms with van der Waals surface area (Å²) in [6.45, 7) is 0. The Morgan fingerprint density at radius 2 is 1.43 bits per heavy atom. The zero-order valence-electron chi connectivity index (χ0n) is 14.6. The number of ketones is 2. The number of rotatable bonds is 3. The standard InChI is InChI=1S/C23H14ClNO3/c24-18-10-4-1-6-14(18)12-13-20(26)25-19-11-5-9-17-21(19)23(28)16-8-3-2-7-15(16)22(17)27/h1-13H,(H,25,26). The number of halogens is 1. The van der Waals surface area contributed by atoms with Crippen LogP contribution in [0.1, 0.15) is 37.4 Å². The maximum Gasteiger partial charge on any atom is 0.248 e. The lowest BCUT2D eigenvalue weighted by Crippen LogP contribution is -2.23. The average Bonchev–Trinajstić information content (AvgIpc) is 2.71. The van der Waals surface area contributed by atoms with E-state index in [2.05, 4.69) is 5.32 Å². The van der Waals surface area contributed by atoms with E-state index in [0.717, 1.165) is 0 Å². The molecule has 1 aliphatic carbocycles. The molecule has 1 amide bonds. The van der Waals surface area contributed by atoms with E-state index in [0.29, 0.717) is 27.4 Å². The number of amides is 1. The lowest BCUT2D eigenvalue weighted by Gasteiger charge is -2.20. The summed E-state index contributed by atoms with van der Waals surface area (Å²) in [5, 5.41) is 3.23. The molecule has 0 atom stereocenters. The van der Waals surface area contributed by atoms with Gasteiger partial charge in [-0.05, 0) is 23.8 Å². The number of fused-ring (bicyclic) bond motifs is 2. The summed E-state index contributed by atoms with van der Waals surface area (Å²) in [7, 11) is 0. The van der Waals surface area contributed by atoms with Crippen molar-refractivity contribution in [3.63, 3.8) is 0 Å². The van der Waals surface area contributed by atoms with E-state index in [9.17, 15) is 14.4 Å². The first-order valence-electron chi connectivity index (χ1n) is 8.61. The van der Waals surface area contributed by atoms with Crippen molar-refractivity contribution in [3.8, 4) is 0 Å². The minimum Gasteiger partial charge on any atom is -0.322 e. The monoisotopic (exact) mass is 387 g/mol. The predicted octanol–water partition coefficient (Wildman–Crippen LogP) is 4.77. The summed E-state index contributed by atoms with van der Waals surface area (Å²) in [5.41, 5.74) is 2.23. The van der Waals surface area contributed by atoms with Crippen LogP contribution in [-0.4, -0.2) is 17.5 Å². The molecule has 0 heterocycles. The Hall–Kier alpha value is -3.50. The van der Waals surface area contributed by atoms with E-state index >= 15 is 0 Å². The molecule has 0 spiro atoms. The molecule has 0 fully saturated rings. The zero-order chi connectivity index (χ0) is 19.7. The molecule has 0 aromatic heterocycles. The van der Waals surface area contributed by atoms with E-state index in [1.165, 1.54) is 6.08 Å². The minimum absolute atomic E-state index is 0.214. The number of nitrogens with one attached hydrogen (secondary N) is 1. The lowest BCUT2D eigenvalue weighted by atomic mass is 9.83. The van der Waals surface area contributed by atoms with Crippen LogP contribution in [0.3, 0.4) is 0 Å². The SMILES string of the molecule is O=C(C=Cc1ccccc1Cl)Nc1cccc2c1C(=O)c1ccccc1C2=O. The third kappa shape index (κ3) is 3.15. The third-order valence-electron chi connectivity index (χ3n) is 4.53. The fourth-order valence-corrected chi connectivity index (χ4v) is 3.40. The van der Waals surface area contributed by atoms with E-state index in [1.54, 1.807) is 66.7 Å². The summed E-state index contributed by atoms with van der Waals surface area (Å²) < 4.78 is 0. The van der Waals surface area contributed by atoms with Gasteiger partial charge in [0.05, 0.1) is 11.3 Å². The van der Waals surface area contributed by atoms with Gasteiger partial charge in [0, 0.05) is 27.8 Å². The van der Waals surface area contributed by atoms with Crippen LogP contribution in [0.5, 0.6) is 0 Å². The first-order chi connectivity index (χ1) is 13.6. The topological polar surface area (TPSA) is 63.2 Å². The Labute approximate surface area is 166 Å². The smallest absolute Gasteiger partial charge is 0.248 e. The van der Waals surface area contributed by atoms with Gasteiger partial charge in [-0.1, -0.05) is 66.2 Å². The van der Waals surface area contributed by atoms with Gasteiger partial charge < -0.3 is 5.32 Å². The molecular weight excluding hydrogens is 374 g/mol. The maximum absolute atomic E-state index is 12.9. The van der Waals surface area contributed by atoms with Gasteiger partial charge in [-0.25, -0.2) is 0 Å². The van der Waals surface area contributed by atoms with Crippen LogP contribution in [0.15, 0.2) is 72.8 Å².